The van der Waals surface area contributed by atoms with Crippen LogP contribution in [0.15, 0.2) is 48.8 Å². The topological polar surface area (TPSA) is 64.7 Å². The summed E-state index contributed by atoms with van der Waals surface area (Å²) >= 11 is 0. The molecule has 1 amide bonds. The van der Waals surface area contributed by atoms with Crippen LogP contribution in [0.25, 0.3) is 0 Å². The number of hydrogen-bond donors (Lipinski definition) is 1. The lowest BCUT2D eigenvalue weighted by Crippen LogP contribution is -2.29. The third kappa shape index (κ3) is 3.96. The molecule has 3 rings (SSSR count). The lowest BCUT2D eigenvalue weighted by molar-refractivity contribution is 0.0941. The molecule has 1 aromatic carbocycles. The minimum Gasteiger partial charge on any atom is -0.349 e. The van der Waals surface area contributed by atoms with Gasteiger partial charge in [0.1, 0.15) is 11.5 Å². The highest BCUT2D eigenvalue weighted by atomic mass is 16.2. The van der Waals surface area contributed by atoms with Gasteiger partial charge in [-0.05, 0) is 25.5 Å². The van der Waals surface area contributed by atoms with Crippen LogP contribution in [0.2, 0.25) is 0 Å². The third-order valence-corrected chi connectivity index (χ3v) is 4.21. The summed E-state index contributed by atoms with van der Waals surface area (Å²) in [4.78, 5) is 16.8. The van der Waals surface area contributed by atoms with E-state index in [9.17, 15) is 4.79 Å². The first-order valence-corrected chi connectivity index (χ1v) is 8.54. The molecule has 0 aliphatic heterocycles. The van der Waals surface area contributed by atoms with E-state index in [1.54, 1.807) is 16.9 Å². The molecule has 0 aliphatic carbocycles. The quantitative estimate of drug-likeness (QED) is 0.720. The largest absolute Gasteiger partial charge is 0.349 e. The van der Waals surface area contributed by atoms with Gasteiger partial charge in [0, 0.05) is 44.1 Å². The Balaban J connectivity index is 1.62. The van der Waals surface area contributed by atoms with E-state index in [0.29, 0.717) is 25.3 Å². The molecular weight excluding hydrogens is 314 g/mol. The van der Waals surface area contributed by atoms with Crippen LogP contribution in [0.1, 0.15) is 34.5 Å². The minimum absolute atomic E-state index is 0.0956. The second-order valence-corrected chi connectivity index (χ2v) is 5.92. The number of amides is 1. The van der Waals surface area contributed by atoms with E-state index < -0.39 is 0 Å². The van der Waals surface area contributed by atoms with Crippen molar-refractivity contribution in [2.75, 3.05) is 6.54 Å². The van der Waals surface area contributed by atoms with Gasteiger partial charge in [0.05, 0.1) is 0 Å². The highest BCUT2D eigenvalue weighted by Gasteiger charge is 2.12. The Morgan fingerprint density at radius 3 is 2.76 bits per heavy atom. The maximum atomic E-state index is 12.3. The zero-order valence-corrected chi connectivity index (χ0v) is 14.6. The van der Waals surface area contributed by atoms with Gasteiger partial charge in [-0.3, -0.25) is 9.48 Å². The van der Waals surface area contributed by atoms with Crippen LogP contribution in [0.4, 0.5) is 0 Å². The van der Waals surface area contributed by atoms with E-state index in [1.165, 1.54) is 5.56 Å². The molecule has 6 nitrogen and oxygen atoms in total. The van der Waals surface area contributed by atoms with Crippen molar-refractivity contribution >= 4 is 5.91 Å². The normalized spacial score (nSPS) is 10.8. The first-order valence-electron chi connectivity index (χ1n) is 8.54. The fourth-order valence-electron chi connectivity index (χ4n) is 2.89. The summed E-state index contributed by atoms with van der Waals surface area (Å²) in [5.41, 5.74) is 2.92. The van der Waals surface area contributed by atoms with Crippen molar-refractivity contribution in [3.63, 3.8) is 0 Å². The standard InChI is InChI=1S/C19H23N5O/c1-3-24-17(9-10-22-24)19(25)20-11-12-23-15(2)14-21-18(23)13-16-7-5-4-6-8-16/h4-10,14H,3,11-13H2,1-2H3,(H,20,25). The number of aryl methyl sites for hydroxylation is 2. The molecule has 2 heterocycles. The second kappa shape index (κ2) is 7.79. The molecule has 0 spiro atoms. The number of carbonyl (C=O) groups is 1. The zero-order chi connectivity index (χ0) is 17.6. The van der Waals surface area contributed by atoms with Crippen molar-refractivity contribution < 1.29 is 4.79 Å². The Labute approximate surface area is 147 Å². The van der Waals surface area contributed by atoms with E-state index in [1.807, 2.05) is 38.2 Å². The van der Waals surface area contributed by atoms with Crippen LogP contribution in [0, 0.1) is 6.92 Å². The van der Waals surface area contributed by atoms with Gasteiger partial charge in [-0.1, -0.05) is 30.3 Å². The van der Waals surface area contributed by atoms with Gasteiger partial charge in [0.25, 0.3) is 5.91 Å². The number of carbonyl (C=O) groups excluding carboxylic acids is 1. The summed E-state index contributed by atoms with van der Waals surface area (Å²) in [7, 11) is 0. The van der Waals surface area contributed by atoms with Gasteiger partial charge in [0.15, 0.2) is 0 Å². The predicted octanol–water partition coefficient (Wildman–Crippen LogP) is 2.43. The highest BCUT2D eigenvalue weighted by molar-refractivity contribution is 5.92. The molecule has 0 radical (unpaired) electrons. The molecule has 2 aromatic heterocycles. The molecule has 0 atom stereocenters. The van der Waals surface area contributed by atoms with Crippen LogP contribution in [0.3, 0.4) is 0 Å². The molecule has 6 heteroatoms. The molecule has 25 heavy (non-hydrogen) atoms. The fourth-order valence-corrected chi connectivity index (χ4v) is 2.89. The van der Waals surface area contributed by atoms with Crippen molar-refractivity contribution in [2.45, 2.75) is 33.4 Å². The first kappa shape index (κ1) is 17.0. The predicted molar refractivity (Wildman–Crippen MR) is 96.4 cm³/mol. The molecule has 0 saturated carbocycles. The Morgan fingerprint density at radius 2 is 2.00 bits per heavy atom. The SMILES string of the molecule is CCn1nccc1C(=O)NCCn1c(C)cnc1Cc1ccccc1. The van der Waals surface area contributed by atoms with Crippen molar-refractivity contribution in [2.24, 2.45) is 0 Å². The number of rotatable bonds is 7. The van der Waals surface area contributed by atoms with Crippen LogP contribution < -0.4 is 5.32 Å². The number of benzene rings is 1. The number of hydrogen-bond acceptors (Lipinski definition) is 3. The van der Waals surface area contributed by atoms with Crippen molar-refractivity contribution in [1.82, 2.24) is 24.6 Å². The summed E-state index contributed by atoms with van der Waals surface area (Å²) in [6, 6.07) is 12.0. The molecule has 0 fully saturated rings. The van der Waals surface area contributed by atoms with E-state index in [-0.39, 0.29) is 5.91 Å². The van der Waals surface area contributed by atoms with Crippen molar-refractivity contribution in [3.8, 4) is 0 Å². The van der Waals surface area contributed by atoms with Gasteiger partial charge >= 0.3 is 0 Å². The molecule has 0 bridgehead atoms. The Kier molecular flexibility index (Phi) is 5.28. The maximum absolute atomic E-state index is 12.3. The van der Waals surface area contributed by atoms with Gasteiger partial charge in [-0.15, -0.1) is 0 Å². The second-order valence-electron chi connectivity index (χ2n) is 5.92. The summed E-state index contributed by atoms with van der Waals surface area (Å²) in [5.74, 6) is 0.915. The smallest absolute Gasteiger partial charge is 0.269 e. The van der Waals surface area contributed by atoms with Gasteiger partial charge in [-0.25, -0.2) is 4.98 Å². The zero-order valence-electron chi connectivity index (χ0n) is 14.6. The van der Waals surface area contributed by atoms with Gasteiger partial charge < -0.3 is 9.88 Å². The van der Waals surface area contributed by atoms with Crippen molar-refractivity contribution in [1.29, 1.82) is 0 Å². The van der Waals surface area contributed by atoms with Crippen LogP contribution in [0.5, 0.6) is 0 Å². The summed E-state index contributed by atoms with van der Waals surface area (Å²) in [6.07, 6.45) is 4.31. The Bertz CT molecular complexity index is 835. The molecule has 0 aliphatic rings. The molecule has 1 N–H and O–H groups in total. The van der Waals surface area contributed by atoms with Gasteiger partial charge in [0.2, 0.25) is 0 Å². The first-order chi connectivity index (χ1) is 12.2. The van der Waals surface area contributed by atoms with Crippen LogP contribution >= 0.6 is 0 Å². The number of imidazole rings is 1. The summed E-state index contributed by atoms with van der Waals surface area (Å²) in [5, 5.41) is 7.10. The van der Waals surface area contributed by atoms with Crippen LogP contribution in [-0.4, -0.2) is 31.8 Å². The lowest BCUT2D eigenvalue weighted by atomic mass is 10.1. The molecule has 130 valence electrons. The average molecular weight is 337 g/mol. The van der Waals surface area contributed by atoms with E-state index >= 15 is 0 Å². The third-order valence-electron chi connectivity index (χ3n) is 4.21. The van der Waals surface area contributed by atoms with E-state index in [2.05, 4.69) is 32.1 Å². The Morgan fingerprint density at radius 1 is 1.20 bits per heavy atom. The maximum Gasteiger partial charge on any atom is 0.269 e. The molecule has 0 unspecified atom stereocenters. The number of nitrogens with one attached hydrogen (secondary N) is 1. The average Bonchev–Trinajstić information content (AvgIpc) is 3.24. The van der Waals surface area contributed by atoms with E-state index in [4.69, 9.17) is 0 Å². The highest BCUT2D eigenvalue weighted by Crippen LogP contribution is 2.10. The summed E-state index contributed by atoms with van der Waals surface area (Å²) in [6.45, 7) is 5.92. The lowest BCUT2D eigenvalue weighted by Gasteiger charge is -2.12. The van der Waals surface area contributed by atoms with E-state index in [0.717, 1.165) is 17.9 Å². The van der Waals surface area contributed by atoms with Crippen molar-refractivity contribution in [3.05, 3.63) is 71.6 Å². The summed E-state index contributed by atoms with van der Waals surface area (Å²) < 4.78 is 3.85. The number of nitrogens with zero attached hydrogens (tertiary/aromatic N) is 4. The molecular formula is C19H23N5O. The minimum atomic E-state index is -0.0956. The molecule has 0 saturated heterocycles. The fraction of sp³-hybridized carbons (Fsp3) is 0.316. The van der Waals surface area contributed by atoms with Crippen LogP contribution in [-0.2, 0) is 19.5 Å². The van der Waals surface area contributed by atoms with Gasteiger partial charge in [-0.2, -0.15) is 5.10 Å². The monoisotopic (exact) mass is 337 g/mol. The Hall–Kier alpha value is -2.89. The molecule has 3 aromatic rings. The number of aromatic nitrogens is 4.